The maximum Gasteiger partial charge on any atom is 0.355 e. The van der Waals surface area contributed by atoms with Gasteiger partial charge in [0, 0.05) is 6.08 Å². The van der Waals surface area contributed by atoms with Crippen LogP contribution in [0.1, 0.15) is 20.3 Å². The van der Waals surface area contributed by atoms with Crippen LogP contribution in [0.25, 0.3) is 0 Å². The smallest absolute Gasteiger partial charge is 0.355 e. The number of carbonyl (C=O) groups excluding carboxylic acids is 4. The maximum absolute atomic E-state index is 12.3. The summed E-state index contributed by atoms with van der Waals surface area (Å²) in [5, 5.41) is 0. The van der Waals surface area contributed by atoms with Crippen molar-refractivity contribution in [1.82, 2.24) is 0 Å². The highest BCUT2D eigenvalue weighted by Gasteiger charge is 2.60. The van der Waals surface area contributed by atoms with E-state index in [0.29, 0.717) is 0 Å². The summed E-state index contributed by atoms with van der Waals surface area (Å²) in [5.41, 5.74) is -1.85. The third-order valence-electron chi connectivity index (χ3n) is 3.41. The molecule has 8 nitrogen and oxygen atoms in total. The van der Waals surface area contributed by atoms with Gasteiger partial charge in [-0.2, -0.15) is 0 Å². The van der Waals surface area contributed by atoms with E-state index in [0.717, 1.165) is 6.08 Å². The monoisotopic (exact) mass is 312 g/mol. The van der Waals surface area contributed by atoms with Crippen LogP contribution in [0.4, 0.5) is 0 Å². The van der Waals surface area contributed by atoms with Crippen molar-refractivity contribution < 1.29 is 38.1 Å². The number of hydrogen-bond donors (Lipinski definition) is 0. The first kappa shape index (κ1) is 16.0. The first-order valence-corrected chi connectivity index (χ1v) is 6.90. The first-order valence-electron chi connectivity index (χ1n) is 6.90. The summed E-state index contributed by atoms with van der Waals surface area (Å²) in [4.78, 5) is 47.2. The fourth-order valence-corrected chi connectivity index (χ4v) is 2.50. The standard InChI is InChI=1S/C14H16O8/c1-3-19-12(17)11-8(7-10(16)21-11)14(13(18)20-4-2)6-5-9(15)22-14/h5-6,8,11H,3-4,7H2,1-2H3. The lowest BCUT2D eigenvalue weighted by molar-refractivity contribution is -0.182. The summed E-state index contributed by atoms with van der Waals surface area (Å²) >= 11 is 0. The molecule has 2 rings (SSSR count). The van der Waals surface area contributed by atoms with Crippen molar-refractivity contribution in [2.24, 2.45) is 5.92 Å². The molecule has 0 aromatic heterocycles. The Labute approximate surface area is 126 Å². The molecule has 0 aromatic rings. The van der Waals surface area contributed by atoms with E-state index in [1.165, 1.54) is 6.08 Å². The Kier molecular flexibility index (Phi) is 4.48. The summed E-state index contributed by atoms with van der Waals surface area (Å²) in [5.74, 6) is -4.10. The van der Waals surface area contributed by atoms with Crippen molar-refractivity contribution in [2.45, 2.75) is 32.0 Å². The number of esters is 4. The van der Waals surface area contributed by atoms with Crippen molar-refractivity contribution in [3.05, 3.63) is 12.2 Å². The zero-order chi connectivity index (χ0) is 16.3. The van der Waals surface area contributed by atoms with Gasteiger partial charge in [-0.05, 0) is 19.9 Å². The van der Waals surface area contributed by atoms with Gasteiger partial charge in [-0.3, -0.25) is 4.79 Å². The third-order valence-corrected chi connectivity index (χ3v) is 3.41. The zero-order valence-electron chi connectivity index (χ0n) is 12.2. The molecule has 120 valence electrons. The van der Waals surface area contributed by atoms with Crippen LogP contribution in [0.2, 0.25) is 0 Å². The molecule has 0 aliphatic carbocycles. The molecule has 0 saturated carbocycles. The lowest BCUT2D eigenvalue weighted by Gasteiger charge is -2.31. The van der Waals surface area contributed by atoms with E-state index in [-0.39, 0.29) is 19.6 Å². The Hall–Kier alpha value is -2.38. The molecular weight excluding hydrogens is 296 g/mol. The van der Waals surface area contributed by atoms with Crippen LogP contribution in [0.15, 0.2) is 12.2 Å². The minimum Gasteiger partial charge on any atom is -0.463 e. The van der Waals surface area contributed by atoms with Gasteiger partial charge in [0.15, 0.2) is 0 Å². The van der Waals surface area contributed by atoms with Gasteiger partial charge < -0.3 is 18.9 Å². The molecule has 0 bridgehead atoms. The average Bonchev–Trinajstić information content (AvgIpc) is 3.04. The van der Waals surface area contributed by atoms with Gasteiger partial charge >= 0.3 is 23.9 Å². The second kappa shape index (κ2) is 6.17. The number of hydrogen-bond acceptors (Lipinski definition) is 8. The molecule has 1 fully saturated rings. The van der Waals surface area contributed by atoms with Gasteiger partial charge in [-0.15, -0.1) is 0 Å². The summed E-state index contributed by atoms with van der Waals surface area (Å²) in [7, 11) is 0. The SMILES string of the molecule is CCOC(=O)C1OC(=O)CC1C1(C(=O)OCC)C=CC(=O)O1. The highest BCUT2D eigenvalue weighted by atomic mass is 16.6. The normalized spacial score (nSPS) is 29.9. The molecule has 2 aliphatic heterocycles. The van der Waals surface area contributed by atoms with Crippen molar-refractivity contribution >= 4 is 23.9 Å². The van der Waals surface area contributed by atoms with Gasteiger partial charge in [-0.1, -0.05) is 0 Å². The quantitative estimate of drug-likeness (QED) is 0.512. The minimum absolute atomic E-state index is 0.0531. The lowest BCUT2D eigenvalue weighted by atomic mass is 9.82. The largest absolute Gasteiger partial charge is 0.463 e. The maximum atomic E-state index is 12.3. The molecule has 1 saturated heterocycles. The van der Waals surface area contributed by atoms with Gasteiger partial charge in [0.05, 0.1) is 25.6 Å². The first-order chi connectivity index (χ1) is 10.4. The Morgan fingerprint density at radius 1 is 1.27 bits per heavy atom. The van der Waals surface area contributed by atoms with Crippen LogP contribution in [-0.4, -0.2) is 48.8 Å². The third kappa shape index (κ3) is 2.68. The summed E-state index contributed by atoms with van der Waals surface area (Å²) in [6.45, 7) is 3.32. The number of rotatable bonds is 5. The van der Waals surface area contributed by atoms with Crippen molar-refractivity contribution in [1.29, 1.82) is 0 Å². The molecule has 2 heterocycles. The lowest BCUT2D eigenvalue weighted by Crippen LogP contribution is -2.51. The molecule has 0 aromatic carbocycles. The van der Waals surface area contributed by atoms with Gasteiger partial charge in [0.2, 0.25) is 11.7 Å². The van der Waals surface area contributed by atoms with E-state index in [1.54, 1.807) is 13.8 Å². The van der Waals surface area contributed by atoms with Crippen LogP contribution in [0.3, 0.4) is 0 Å². The molecule has 0 radical (unpaired) electrons. The topological polar surface area (TPSA) is 105 Å². The Bertz CT molecular complexity index is 537. The van der Waals surface area contributed by atoms with Gasteiger partial charge in [0.25, 0.3) is 0 Å². The fraction of sp³-hybridized carbons (Fsp3) is 0.571. The molecule has 3 atom stereocenters. The minimum atomic E-state index is -1.85. The number of ether oxygens (including phenoxy) is 4. The van der Waals surface area contributed by atoms with E-state index in [9.17, 15) is 19.2 Å². The van der Waals surface area contributed by atoms with Gasteiger partial charge in [-0.25, -0.2) is 14.4 Å². The summed E-state index contributed by atoms with van der Waals surface area (Å²) in [6, 6.07) is 0. The van der Waals surface area contributed by atoms with Crippen LogP contribution in [0.5, 0.6) is 0 Å². The fourth-order valence-electron chi connectivity index (χ4n) is 2.50. The Morgan fingerprint density at radius 3 is 2.50 bits per heavy atom. The number of cyclic esters (lactones) is 2. The molecule has 8 heteroatoms. The zero-order valence-corrected chi connectivity index (χ0v) is 12.2. The van der Waals surface area contributed by atoms with E-state index in [1.807, 2.05) is 0 Å². The second-order valence-corrected chi connectivity index (χ2v) is 4.74. The van der Waals surface area contributed by atoms with Crippen molar-refractivity contribution in [2.75, 3.05) is 13.2 Å². The molecule has 2 aliphatic rings. The summed E-state index contributed by atoms with van der Waals surface area (Å²) in [6.07, 6.45) is 0.668. The molecule has 22 heavy (non-hydrogen) atoms. The van der Waals surface area contributed by atoms with E-state index >= 15 is 0 Å². The highest BCUT2D eigenvalue weighted by molar-refractivity contribution is 5.96. The van der Waals surface area contributed by atoms with Crippen LogP contribution in [0, 0.1) is 5.92 Å². The Balaban J connectivity index is 2.35. The summed E-state index contributed by atoms with van der Waals surface area (Å²) < 4.78 is 19.8. The van der Waals surface area contributed by atoms with E-state index < -0.39 is 41.5 Å². The van der Waals surface area contributed by atoms with Crippen LogP contribution in [-0.2, 0) is 38.1 Å². The van der Waals surface area contributed by atoms with Gasteiger partial charge in [0.1, 0.15) is 0 Å². The van der Waals surface area contributed by atoms with Crippen LogP contribution < -0.4 is 0 Å². The molecule has 0 N–H and O–H groups in total. The molecular formula is C14H16O8. The average molecular weight is 312 g/mol. The highest BCUT2D eigenvalue weighted by Crippen LogP contribution is 2.40. The van der Waals surface area contributed by atoms with Crippen molar-refractivity contribution in [3.63, 3.8) is 0 Å². The molecule has 3 unspecified atom stereocenters. The predicted molar refractivity (Wildman–Crippen MR) is 69.2 cm³/mol. The molecule has 0 spiro atoms. The number of carbonyl (C=O) groups is 4. The second-order valence-electron chi connectivity index (χ2n) is 4.74. The van der Waals surface area contributed by atoms with Crippen molar-refractivity contribution in [3.8, 4) is 0 Å². The van der Waals surface area contributed by atoms with E-state index in [4.69, 9.17) is 18.9 Å². The Morgan fingerprint density at radius 2 is 1.95 bits per heavy atom. The predicted octanol–water partition coefficient (Wildman–Crippen LogP) is -0.104. The van der Waals surface area contributed by atoms with E-state index in [2.05, 4.69) is 0 Å². The molecule has 0 amide bonds. The van der Waals surface area contributed by atoms with Crippen LogP contribution >= 0.6 is 0 Å².